The highest BCUT2D eigenvalue weighted by atomic mass is 32.2. The normalized spacial score (nSPS) is 35.3. The van der Waals surface area contributed by atoms with E-state index in [1.54, 1.807) is 0 Å². The minimum absolute atomic E-state index is 0.921. The fourth-order valence-corrected chi connectivity index (χ4v) is 3.45. The lowest BCUT2D eigenvalue weighted by Crippen LogP contribution is -2.36. The highest BCUT2D eigenvalue weighted by molar-refractivity contribution is 7.99. The van der Waals surface area contributed by atoms with Gasteiger partial charge in [0, 0.05) is 24.7 Å². The molecule has 0 amide bonds. The van der Waals surface area contributed by atoms with Crippen molar-refractivity contribution in [1.29, 1.82) is 0 Å². The van der Waals surface area contributed by atoms with E-state index < -0.39 is 0 Å². The van der Waals surface area contributed by atoms with Crippen molar-refractivity contribution in [2.45, 2.75) is 26.7 Å². The van der Waals surface area contributed by atoms with Crippen molar-refractivity contribution in [2.75, 3.05) is 24.7 Å². The summed E-state index contributed by atoms with van der Waals surface area (Å²) in [5.41, 5.74) is 0. The van der Waals surface area contributed by atoms with Crippen LogP contribution in [-0.4, -0.2) is 29.6 Å². The van der Waals surface area contributed by atoms with Gasteiger partial charge in [-0.1, -0.05) is 13.8 Å². The zero-order valence-corrected chi connectivity index (χ0v) is 9.65. The molecule has 0 spiro atoms. The van der Waals surface area contributed by atoms with E-state index in [1.165, 1.54) is 37.6 Å². The Morgan fingerprint density at radius 1 is 1.38 bits per heavy atom. The van der Waals surface area contributed by atoms with E-state index in [4.69, 9.17) is 0 Å². The summed E-state index contributed by atoms with van der Waals surface area (Å²) < 4.78 is 0. The zero-order chi connectivity index (χ0) is 9.26. The standard InChI is InChI=1S/C11H21NS/c1-9(2)11-5-10(6-11)7-12-3-4-13-8-12/h9-11H,3-8H2,1-2H3/t10-,11+. The number of rotatable bonds is 3. The molecule has 0 unspecified atom stereocenters. The third-order valence-electron chi connectivity index (χ3n) is 3.56. The predicted molar refractivity (Wildman–Crippen MR) is 60.0 cm³/mol. The van der Waals surface area contributed by atoms with Gasteiger partial charge in [0.2, 0.25) is 0 Å². The monoisotopic (exact) mass is 199 g/mol. The SMILES string of the molecule is CC(C)[C@H]1C[C@@H](CN2CCSC2)C1. The quantitative estimate of drug-likeness (QED) is 0.687. The molecular formula is C11H21NS. The first-order chi connectivity index (χ1) is 6.25. The van der Waals surface area contributed by atoms with Crippen LogP contribution in [0, 0.1) is 17.8 Å². The van der Waals surface area contributed by atoms with Crippen molar-refractivity contribution < 1.29 is 0 Å². The summed E-state index contributed by atoms with van der Waals surface area (Å²) in [6.45, 7) is 7.46. The molecule has 0 N–H and O–H groups in total. The first-order valence-electron chi connectivity index (χ1n) is 5.56. The molecule has 2 heteroatoms. The largest absolute Gasteiger partial charge is 0.293 e. The fourth-order valence-electron chi connectivity index (χ4n) is 2.44. The van der Waals surface area contributed by atoms with Crippen molar-refractivity contribution in [2.24, 2.45) is 17.8 Å². The maximum Gasteiger partial charge on any atom is 0.0445 e. The van der Waals surface area contributed by atoms with Crippen LogP contribution in [-0.2, 0) is 0 Å². The maximum absolute atomic E-state index is 2.63. The zero-order valence-electron chi connectivity index (χ0n) is 8.83. The van der Waals surface area contributed by atoms with Crippen molar-refractivity contribution in [3.8, 4) is 0 Å². The Hall–Kier alpha value is 0.310. The lowest BCUT2D eigenvalue weighted by atomic mass is 9.69. The van der Waals surface area contributed by atoms with Crippen molar-refractivity contribution >= 4 is 11.8 Å². The molecule has 0 aromatic heterocycles. The summed E-state index contributed by atoms with van der Waals surface area (Å²) in [6, 6.07) is 0. The molecule has 76 valence electrons. The second kappa shape index (κ2) is 4.22. The molecular weight excluding hydrogens is 178 g/mol. The first kappa shape index (κ1) is 9.85. The molecule has 0 radical (unpaired) electrons. The molecule has 0 aromatic rings. The Bertz CT molecular complexity index is 157. The first-order valence-corrected chi connectivity index (χ1v) is 6.71. The molecule has 1 heterocycles. The van der Waals surface area contributed by atoms with Crippen molar-refractivity contribution in [1.82, 2.24) is 4.90 Å². The van der Waals surface area contributed by atoms with Crippen LogP contribution in [0.3, 0.4) is 0 Å². The second-order valence-corrected chi connectivity index (χ2v) is 6.03. The summed E-state index contributed by atoms with van der Waals surface area (Å²) in [4.78, 5) is 2.63. The summed E-state index contributed by atoms with van der Waals surface area (Å²) >= 11 is 2.09. The highest BCUT2D eigenvalue weighted by Crippen LogP contribution is 2.39. The molecule has 1 nitrogen and oxygen atoms in total. The van der Waals surface area contributed by atoms with E-state index in [0.29, 0.717) is 0 Å². The van der Waals surface area contributed by atoms with E-state index in [1.807, 2.05) is 0 Å². The third kappa shape index (κ3) is 2.41. The van der Waals surface area contributed by atoms with E-state index >= 15 is 0 Å². The van der Waals surface area contributed by atoms with Crippen molar-refractivity contribution in [3.05, 3.63) is 0 Å². The number of thioether (sulfide) groups is 1. The number of nitrogens with zero attached hydrogens (tertiary/aromatic N) is 1. The summed E-state index contributed by atoms with van der Waals surface area (Å²) in [5, 5.41) is 0. The average molecular weight is 199 g/mol. The molecule has 0 aromatic carbocycles. The van der Waals surface area contributed by atoms with Crippen LogP contribution >= 0.6 is 11.8 Å². The van der Waals surface area contributed by atoms with Gasteiger partial charge in [-0.05, 0) is 30.6 Å². The smallest absolute Gasteiger partial charge is 0.0445 e. The third-order valence-corrected chi connectivity index (χ3v) is 4.58. The minimum atomic E-state index is 0.921. The highest BCUT2D eigenvalue weighted by Gasteiger charge is 2.32. The lowest BCUT2D eigenvalue weighted by molar-refractivity contribution is 0.107. The average Bonchev–Trinajstić information content (AvgIpc) is 2.46. The van der Waals surface area contributed by atoms with Gasteiger partial charge in [-0.2, -0.15) is 0 Å². The molecule has 13 heavy (non-hydrogen) atoms. The van der Waals surface area contributed by atoms with Crippen LogP contribution in [0.4, 0.5) is 0 Å². The number of hydrogen-bond donors (Lipinski definition) is 0. The Labute approximate surface area is 86.3 Å². The summed E-state index contributed by atoms with van der Waals surface area (Å²) in [7, 11) is 0. The number of hydrogen-bond acceptors (Lipinski definition) is 2. The summed E-state index contributed by atoms with van der Waals surface area (Å²) in [5.74, 6) is 5.65. The Balaban J connectivity index is 1.63. The van der Waals surface area contributed by atoms with Crippen LogP contribution in [0.5, 0.6) is 0 Å². The topological polar surface area (TPSA) is 3.24 Å². The van der Waals surface area contributed by atoms with Gasteiger partial charge in [-0.25, -0.2) is 0 Å². The van der Waals surface area contributed by atoms with E-state index in [0.717, 1.165) is 17.8 Å². The summed E-state index contributed by atoms with van der Waals surface area (Å²) in [6.07, 6.45) is 3.00. The molecule has 2 aliphatic rings. The molecule has 1 saturated heterocycles. The molecule has 1 aliphatic carbocycles. The van der Waals surface area contributed by atoms with Gasteiger partial charge in [0.05, 0.1) is 0 Å². The molecule has 0 bridgehead atoms. The molecule has 0 atom stereocenters. The Morgan fingerprint density at radius 2 is 2.15 bits per heavy atom. The molecule has 1 aliphatic heterocycles. The molecule has 2 fully saturated rings. The van der Waals surface area contributed by atoms with E-state index in [9.17, 15) is 0 Å². The Kier molecular flexibility index (Phi) is 3.20. The van der Waals surface area contributed by atoms with Gasteiger partial charge >= 0.3 is 0 Å². The van der Waals surface area contributed by atoms with Crippen LogP contribution in [0.2, 0.25) is 0 Å². The van der Waals surface area contributed by atoms with Crippen molar-refractivity contribution in [3.63, 3.8) is 0 Å². The molecule has 1 saturated carbocycles. The fraction of sp³-hybridized carbons (Fsp3) is 1.00. The van der Waals surface area contributed by atoms with Gasteiger partial charge in [0.25, 0.3) is 0 Å². The second-order valence-electron chi connectivity index (χ2n) is 4.96. The van der Waals surface area contributed by atoms with Gasteiger partial charge < -0.3 is 0 Å². The Morgan fingerprint density at radius 3 is 2.69 bits per heavy atom. The van der Waals surface area contributed by atoms with Crippen LogP contribution in [0.15, 0.2) is 0 Å². The van der Waals surface area contributed by atoms with Crippen LogP contribution < -0.4 is 0 Å². The van der Waals surface area contributed by atoms with Gasteiger partial charge in [0.15, 0.2) is 0 Å². The predicted octanol–water partition coefficient (Wildman–Crippen LogP) is 2.67. The van der Waals surface area contributed by atoms with Crippen LogP contribution in [0.1, 0.15) is 26.7 Å². The maximum atomic E-state index is 2.63. The van der Waals surface area contributed by atoms with Gasteiger partial charge in [0.1, 0.15) is 0 Å². The van der Waals surface area contributed by atoms with E-state index in [-0.39, 0.29) is 0 Å². The van der Waals surface area contributed by atoms with Gasteiger partial charge in [-0.15, -0.1) is 11.8 Å². The minimum Gasteiger partial charge on any atom is -0.293 e. The van der Waals surface area contributed by atoms with Gasteiger partial charge in [-0.3, -0.25) is 4.90 Å². The van der Waals surface area contributed by atoms with Crippen LogP contribution in [0.25, 0.3) is 0 Å². The lowest BCUT2D eigenvalue weighted by Gasteiger charge is -2.39. The molecule has 2 rings (SSSR count). The van der Waals surface area contributed by atoms with E-state index in [2.05, 4.69) is 30.5 Å².